The van der Waals surface area contributed by atoms with E-state index in [1.54, 1.807) is 11.8 Å². The summed E-state index contributed by atoms with van der Waals surface area (Å²) in [6.07, 6.45) is 0.793. The predicted octanol–water partition coefficient (Wildman–Crippen LogP) is 2.81. The first-order valence-electron chi connectivity index (χ1n) is 6.46. The zero-order chi connectivity index (χ0) is 13.5. The molecular weight excluding hydrogens is 246 g/mol. The number of hydrogen-bond acceptors (Lipinski definition) is 5. The highest BCUT2D eigenvalue weighted by Gasteiger charge is 2.12. The van der Waals surface area contributed by atoms with Crippen LogP contribution in [0.4, 0.5) is 5.82 Å². The van der Waals surface area contributed by atoms with Crippen LogP contribution in [0.2, 0.25) is 0 Å². The zero-order valence-electron chi connectivity index (χ0n) is 11.7. The SMILES string of the molecule is CCNc1nc(C(C)C)nc(SCCCO)c1C. The number of aliphatic hydroxyl groups is 1. The molecule has 5 heteroatoms. The van der Waals surface area contributed by atoms with E-state index in [-0.39, 0.29) is 6.61 Å². The van der Waals surface area contributed by atoms with Crippen molar-refractivity contribution in [3.63, 3.8) is 0 Å². The van der Waals surface area contributed by atoms with Crippen molar-refractivity contribution in [3.8, 4) is 0 Å². The van der Waals surface area contributed by atoms with E-state index in [1.807, 2.05) is 6.92 Å². The van der Waals surface area contributed by atoms with E-state index in [1.165, 1.54) is 0 Å². The van der Waals surface area contributed by atoms with Crippen LogP contribution < -0.4 is 5.32 Å². The van der Waals surface area contributed by atoms with E-state index in [9.17, 15) is 0 Å². The number of hydrogen-bond donors (Lipinski definition) is 2. The first kappa shape index (κ1) is 15.2. The molecule has 0 aliphatic heterocycles. The minimum Gasteiger partial charge on any atom is -0.396 e. The normalized spacial score (nSPS) is 11.0. The highest BCUT2D eigenvalue weighted by molar-refractivity contribution is 7.99. The van der Waals surface area contributed by atoms with Gasteiger partial charge in [0.1, 0.15) is 16.7 Å². The minimum atomic E-state index is 0.230. The van der Waals surface area contributed by atoms with Gasteiger partial charge in [0.25, 0.3) is 0 Å². The van der Waals surface area contributed by atoms with Crippen molar-refractivity contribution in [2.75, 3.05) is 24.2 Å². The lowest BCUT2D eigenvalue weighted by molar-refractivity contribution is 0.296. The molecule has 0 aromatic carbocycles. The summed E-state index contributed by atoms with van der Waals surface area (Å²) in [4.78, 5) is 9.18. The van der Waals surface area contributed by atoms with E-state index < -0.39 is 0 Å². The lowest BCUT2D eigenvalue weighted by Crippen LogP contribution is -2.08. The molecule has 1 rings (SSSR count). The lowest BCUT2D eigenvalue weighted by Gasteiger charge is -2.14. The summed E-state index contributed by atoms with van der Waals surface area (Å²) < 4.78 is 0. The molecule has 18 heavy (non-hydrogen) atoms. The molecule has 0 saturated heterocycles. The molecule has 0 saturated carbocycles. The summed E-state index contributed by atoms with van der Waals surface area (Å²) in [6, 6.07) is 0. The smallest absolute Gasteiger partial charge is 0.134 e. The number of nitrogens with one attached hydrogen (secondary N) is 1. The maximum Gasteiger partial charge on any atom is 0.134 e. The first-order chi connectivity index (χ1) is 8.60. The third-order valence-electron chi connectivity index (χ3n) is 2.52. The van der Waals surface area contributed by atoms with Crippen molar-refractivity contribution >= 4 is 17.6 Å². The maximum absolute atomic E-state index is 8.84. The highest BCUT2D eigenvalue weighted by atomic mass is 32.2. The van der Waals surface area contributed by atoms with Gasteiger partial charge in [0.2, 0.25) is 0 Å². The Morgan fingerprint density at radius 3 is 2.61 bits per heavy atom. The molecule has 1 aromatic rings. The number of thioether (sulfide) groups is 1. The average Bonchev–Trinajstić information content (AvgIpc) is 2.33. The first-order valence-corrected chi connectivity index (χ1v) is 7.44. The molecule has 1 heterocycles. The van der Waals surface area contributed by atoms with Gasteiger partial charge in [-0.25, -0.2) is 9.97 Å². The van der Waals surface area contributed by atoms with Gasteiger partial charge in [-0.3, -0.25) is 0 Å². The van der Waals surface area contributed by atoms with E-state index in [2.05, 4.69) is 36.1 Å². The molecule has 0 unspecified atom stereocenters. The quantitative estimate of drug-likeness (QED) is 0.453. The number of rotatable bonds is 7. The van der Waals surface area contributed by atoms with Gasteiger partial charge in [-0.2, -0.15) is 0 Å². The summed E-state index contributed by atoms with van der Waals surface area (Å²) >= 11 is 1.69. The Hall–Kier alpha value is -0.810. The third kappa shape index (κ3) is 4.14. The Morgan fingerprint density at radius 1 is 1.33 bits per heavy atom. The summed E-state index contributed by atoms with van der Waals surface area (Å²) in [5.74, 6) is 3.02. The monoisotopic (exact) mass is 269 g/mol. The largest absolute Gasteiger partial charge is 0.396 e. The highest BCUT2D eigenvalue weighted by Crippen LogP contribution is 2.27. The fourth-order valence-electron chi connectivity index (χ4n) is 1.48. The molecule has 0 atom stereocenters. The van der Waals surface area contributed by atoms with Crippen molar-refractivity contribution in [2.45, 2.75) is 45.1 Å². The van der Waals surface area contributed by atoms with Crippen LogP contribution in [0.5, 0.6) is 0 Å². The number of anilines is 1. The second-order valence-electron chi connectivity index (χ2n) is 4.47. The van der Waals surface area contributed by atoms with Crippen molar-refractivity contribution in [1.82, 2.24) is 9.97 Å². The van der Waals surface area contributed by atoms with Gasteiger partial charge in [-0.15, -0.1) is 11.8 Å². The van der Waals surface area contributed by atoms with Gasteiger partial charge < -0.3 is 10.4 Å². The van der Waals surface area contributed by atoms with Crippen LogP contribution in [0.1, 0.15) is 44.5 Å². The van der Waals surface area contributed by atoms with Gasteiger partial charge >= 0.3 is 0 Å². The van der Waals surface area contributed by atoms with Crippen LogP contribution in [0.25, 0.3) is 0 Å². The van der Waals surface area contributed by atoms with Crippen molar-refractivity contribution in [2.24, 2.45) is 0 Å². The van der Waals surface area contributed by atoms with Gasteiger partial charge in [0.05, 0.1) is 0 Å². The predicted molar refractivity (Wildman–Crippen MR) is 77.4 cm³/mol. The molecule has 4 nitrogen and oxygen atoms in total. The molecule has 0 fully saturated rings. The Kier molecular flexibility index (Phi) is 6.43. The van der Waals surface area contributed by atoms with Crippen LogP contribution in [-0.2, 0) is 0 Å². The van der Waals surface area contributed by atoms with Crippen LogP contribution in [0.15, 0.2) is 5.03 Å². The van der Waals surface area contributed by atoms with Crippen LogP contribution >= 0.6 is 11.8 Å². The van der Waals surface area contributed by atoms with Gasteiger partial charge in [0.15, 0.2) is 0 Å². The summed E-state index contributed by atoms with van der Waals surface area (Å²) in [7, 11) is 0. The third-order valence-corrected chi connectivity index (χ3v) is 3.68. The minimum absolute atomic E-state index is 0.230. The van der Waals surface area contributed by atoms with Crippen LogP contribution in [-0.4, -0.2) is 34.0 Å². The molecule has 0 amide bonds. The molecule has 1 aromatic heterocycles. The topological polar surface area (TPSA) is 58.0 Å². The molecule has 2 N–H and O–H groups in total. The Balaban J connectivity index is 2.98. The maximum atomic E-state index is 8.84. The Bertz CT molecular complexity index is 383. The second-order valence-corrected chi connectivity index (χ2v) is 5.55. The van der Waals surface area contributed by atoms with Crippen molar-refractivity contribution in [1.29, 1.82) is 0 Å². The van der Waals surface area contributed by atoms with Gasteiger partial charge in [0, 0.05) is 30.4 Å². The number of aromatic nitrogens is 2. The summed E-state index contributed by atoms with van der Waals surface area (Å²) in [5.41, 5.74) is 1.10. The lowest BCUT2D eigenvalue weighted by atomic mass is 10.2. The van der Waals surface area contributed by atoms with E-state index in [4.69, 9.17) is 5.11 Å². The van der Waals surface area contributed by atoms with Gasteiger partial charge in [-0.1, -0.05) is 13.8 Å². The molecule has 0 aliphatic rings. The fourth-order valence-corrected chi connectivity index (χ4v) is 2.42. The van der Waals surface area contributed by atoms with Crippen LogP contribution in [0.3, 0.4) is 0 Å². The summed E-state index contributed by atoms with van der Waals surface area (Å²) in [5, 5.41) is 13.2. The van der Waals surface area contributed by atoms with Gasteiger partial charge in [-0.05, 0) is 20.3 Å². The Labute approximate surface area is 114 Å². The zero-order valence-corrected chi connectivity index (χ0v) is 12.5. The molecule has 0 aliphatic carbocycles. The second kappa shape index (κ2) is 7.59. The van der Waals surface area contributed by atoms with E-state index in [0.717, 1.165) is 41.0 Å². The van der Waals surface area contributed by atoms with Crippen molar-refractivity contribution < 1.29 is 5.11 Å². The standard InChI is InChI=1S/C13H23N3OS/c1-5-14-12-10(4)13(18-8-6-7-17)16-11(15-12)9(2)3/h9,17H,5-8H2,1-4H3,(H,14,15,16). The molecule has 0 radical (unpaired) electrons. The Morgan fingerprint density at radius 2 is 2.06 bits per heavy atom. The van der Waals surface area contributed by atoms with Crippen molar-refractivity contribution in [3.05, 3.63) is 11.4 Å². The van der Waals surface area contributed by atoms with E-state index >= 15 is 0 Å². The molecular formula is C13H23N3OS. The number of aliphatic hydroxyl groups excluding tert-OH is 1. The molecule has 0 bridgehead atoms. The molecule has 0 spiro atoms. The summed E-state index contributed by atoms with van der Waals surface area (Å²) in [6.45, 7) is 9.40. The van der Waals surface area contributed by atoms with E-state index in [0.29, 0.717) is 5.92 Å². The fraction of sp³-hybridized carbons (Fsp3) is 0.692. The molecule has 102 valence electrons. The average molecular weight is 269 g/mol. The van der Waals surface area contributed by atoms with Crippen LogP contribution in [0, 0.1) is 6.92 Å². The number of nitrogens with zero attached hydrogens (tertiary/aromatic N) is 2.